The van der Waals surface area contributed by atoms with Crippen LogP contribution in [0.15, 0.2) is 18.2 Å². The van der Waals surface area contributed by atoms with Gasteiger partial charge in [0.05, 0.1) is 0 Å². The second-order valence-electron chi connectivity index (χ2n) is 5.13. The third-order valence-corrected chi connectivity index (χ3v) is 3.95. The maximum Gasteiger partial charge on any atom is 0.320 e. The van der Waals surface area contributed by atoms with E-state index in [2.05, 4.69) is 6.07 Å². The van der Waals surface area contributed by atoms with Gasteiger partial charge in [0.25, 0.3) is 0 Å². The van der Waals surface area contributed by atoms with Gasteiger partial charge >= 0.3 is 6.03 Å². The number of carbonyl (C=O) groups is 1. The zero-order valence-electron chi connectivity index (χ0n) is 10.6. The number of rotatable bonds is 0. The lowest BCUT2D eigenvalue weighted by Crippen LogP contribution is -2.44. The Balaban J connectivity index is 1.76. The monoisotopic (exact) mass is 245 g/mol. The van der Waals surface area contributed by atoms with E-state index in [0.29, 0.717) is 6.54 Å². The van der Waals surface area contributed by atoms with Crippen LogP contribution in [0.5, 0.6) is 0 Å². The first kappa shape index (κ1) is 11.4. The number of anilines is 1. The number of nitrogen functional groups attached to an aromatic ring is 1. The summed E-state index contributed by atoms with van der Waals surface area (Å²) in [6.07, 6.45) is 3.16. The van der Waals surface area contributed by atoms with E-state index < -0.39 is 0 Å². The molecule has 18 heavy (non-hydrogen) atoms. The van der Waals surface area contributed by atoms with Crippen molar-refractivity contribution in [3.8, 4) is 0 Å². The van der Waals surface area contributed by atoms with Crippen molar-refractivity contribution >= 4 is 11.7 Å². The lowest BCUT2D eigenvalue weighted by Gasteiger charge is -2.32. The first-order valence-corrected chi connectivity index (χ1v) is 6.66. The number of amides is 2. The molecule has 1 aromatic carbocycles. The molecule has 2 aliphatic heterocycles. The van der Waals surface area contributed by atoms with E-state index in [0.717, 1.165) is 44.6 Å². The van der Waals surface area contributed by atoms with E-state index in [-0.39, 0.29) is 6.03 Å². The van der Waals surface area contributed by atoms with Crippen LogP contribution >= 0.6 is 0 Å². The number of benzene rings is 1. The fourth-order valence-corrected chi connectivity index (χ4v) is 2.91. The Bertz CT molecular complexity index is 466. The fourth-order valence-electron chi connectivity index (χ4n) is 2.91. The number of fused-ring (bicyclic) bond motifs is 1. The lowest BCUT2D eigenvalue weighted by atomic mass is 9.98. The van der Waals surface area contributed by atoms with E-state index in [1.165, 1.54) is 11.1 Å². The van der Waals surface area contributed by atoms with Crippen molar-refractivity contribution < 1.29 is 4.79 Å². The first-order chi connectivity index (χ1) is 8.75. The number of nitrogens with zero attached hydrogens (tertiary/aromatic N) is 2. The van der Waals surface area contributed by atoms with Crippen molar-refractivity contribution in [2.45, 2.75) is 25.8 Å². The Morgan fingerprint density at radius 1 is 1.11 bits per heavy atom. The molecule has 0 saturated carbocycles. The number of hydrogen-bond acceptors (Lipinski definition) is 2. The molecule has 1 saturated heterocycles. The predicted octanol–water partition coefficient (Wildman–Crippen LogP) is 1.84. The summed E-state index contributed by atoms with van der Waals surface area (Å²) in [5, 5.41) is 0. The van der Waals surface area contributed by atoms with Crippen LogP contribution in [-0.2, 0) is 13.0 Å². The van der Waals surface area contributed by atoms with Crippen molar-refractivity contribution in [1.29, 1.82) is 0 Å². The maximum absolute atomic E-state index is 12.3. The number of urea groups is 1. The summed E-state index contributed by atoms with van der Waals surface area (Å²) in [6.45, 7) is 3.32. The van der Waals surface area contributed by atoms with Gasteiger partial charge in [0.2, 0.25) is 0 Å². The molecule has 0 spiro atoms. The molecule has 0 unspecified atom stereocenters. The molecule has 1 fully saturated rings. The molecule has 0 radical (unpaired) electrons. The van der Waals surface area contributed by atoms with Crippen LogP contribution in [0, 0.1) is 0 Å². The second-order valence-corrected chi connectivity index (χ2v) is 5.13. The molecule has 0 atom stereocenters. The summed E-state index contributed by atoms with van der Waals surface area (Å²) >= 11 is 0. The largest absolute Gasteiger partial charge is 0.398 e. The Morgan fingerprint density at radius 2 is 1.89 bits per heavy atom. The quantitative estimate of drug-likeness (QED) is 0.709. The SMILES string of the molecule is Nc1cccc2c1CCN(C(=O)N1CCCC1)C2. The van der Waals surface area contributed by atoms with Gasteiger partial charge in [0, 0.05) is 31.9 Å². The molecule has 4 nitrogen and oxygen atoms in total. The molecule has 4 heteroatoms. The second kappa shape index (κ2) is 4.52. The highest BCUT2D eigenvalue weighted by Crippen LogP contribution is 2.25. The van der Waals surface area contributed by atoms with Gasteiger partial charge in [-0.05, 0) is 36.5 Å². The van der Waals surface area contributed by atoms with Crippen LogP contribution in [0.2, 0.25) is 0 Å². The van der Waals surface area contributed by atoms with Crippen molar-refractivity contribution in [3.05, 3.63) is 29.3 Å². The number of likely N-dealkylation sites (tertiary alicyclic amines) is 1. The average Bonchev–Trinajstić information content (AvgIpc) is 2.91. The van der Waals surface area contributed by atoms with Gasteiger partial charge < -0.3 is 15.5 Å². The topological polar surface area (TPSA) is 49.6 Å². The maximum atomic E-state index is 12.3. The highest BCUT2D eigenvalue weighted by molar-refractivity contribution is 5.75. The van der Waals surface area contributed by atoms with Crippen LogP contribution in [0.1, 0.15) is 24.0 Å². The summed E-state index contributed by atoms with van der Waals surface area (Å²) in [5.74, 6) is 0. The molecular weight excluding hydrogens is 226 g/mol. The zero-order chi connectivity index (χ0) is 12.5. The standard InChI is InChI=1S/C14H19N3O/c15-13-5-3-4-11-10-17(9-6-12(11)13)14(18)16-7-1-2-8-16/h3-5H,1-2,6-10,15H2. The molecule has 0 aromatic heterocycles. The minimum atomic E-state index is 0.195. The average molecular weight is 245 g/mol. The molecule has 0 bridgehead atoms. The van der Waals surface area contributed by atoms with Gasteiger partial charge in [0.1, 0.15) is 0 Å². The van der Waals surface area contributed by atoms with Gasteiger partial charge in [-0.15, -0.1) is 0 Å². The summed E-state index contributed by atoms with van der Waals surface area (Å²) < 4.78 is 0. The Hall–Kier alpha value is -1.71. The molecule has 3 rings (SSSR count). The molecule has 2 aliphatic rings. The van der Waals surface area contributed by atoms with Crippen LogP contribution in [0.4, 0.5) is 10.5 Å². The number of carbonyl (C=O) groups excluding carboxylic acids is 1. The van der Waals surface area contributed by atoms with Crippen LogP contribution < -0.4 is 5.73 Å². The summed E-state index contributed by atoms with van der Waals surface area (Å²) in [7, 11) is 0. The van der Waals surface area contributed by atoms with Crippen molar-refractivity contribution in [2.24, 2.45) is 0 Å². The lowest BCUT2D eigenvalue weighted by molar-refractivity contribution is 0.157. The Morgan fingerprint density at radius 3 is 2.67 bits per heavy atom. The number of hydrogen-bond donors (Lipinski definition) is 1. The minimum absolute atomic E-state index is 0.195. The van der Waals surface area contributed by atoms with E-state index in [9.17, 15) is 4.79 Å². The van der Waals surface area contributed by atoms with Gasteiger partial charge in [-0.2, -0.15) is 0 Å². The van der Waals surface area contributed by atoms with E-state index in [4.69, 9.17) is 5.73 Å². The summed E-state index contributed by atoms with van der Waals surface area (Å²) in [4.78, 5) is 16.2. The van der Waals surface area contributed by atoms with Gasteiger partial charge in [-0.1, -0.05) is 12.1 Å². The normalized spacial score (nSPS) is 18.9. The van der Waals surface area contributed by atoms with Crippen LogP contribution in [0.25, 0.3) is 0 Å². The third-order valence-electron chi connectivity index (χ3n) is 3.95. The van der Waals surface area contributed by atoms with E-state index in [1.54, 1.807) is 0 Å². The van der Waals surface area contributed by atoms with Crippen molar-refractivity contribution in [1.82, 2.24) is 9.80 Å². The highest BCUT2D eigenvalue weighted by Gasteiger charge is 2.27. The Labute approximate surface area is 107 Å². The van der Waals surface area contributed by atoms with Crippen molar-refractivity contribution in [2.75, 3.05) is 25.4 Å². The summed E-state index contributed by atoms with van der Waals surface area (Å²) in [5.41, 5.74) is 9.26. The highest BCUT2D eigenvalue weighted by atomic mass is 16.2. The molecule has 1 aromatic rings. The van der Waals surface area contributed by atoms with Gasteiger partial charge in [-0.3, -0.25) is 0 Å². The molecule has 96 valence electrons. The van der Waals surface area contributed by atoms with Crippen LogP contribution in [-0.4, -0.2) is 35.5 Å². The van der Waals surface area contributed by atoms with E-state index in [1.807, 2.05) is 21.9 Å². The van der Waals surface area contributed by atoms with Crippen LogP contribution in [0.3, 0.4) is 0 Å². The number of nitrogens with two attached hydrogens (primary N) is 1. The predicted molar refractivity (Wildman–Crippen MR) is 71.2 cm³/mol. The third kappa shape index (κ3) is 1.92. The smallest absolute Gasteiger partial charge is 0.320 e. The first-order valence-electron chi connectivity index (χ1n) is 6.66. The fraction of sp³-hybridized carbons (Fsp3) is 0.500. The molecule has 2 N–H and O–H groups in total. The minimum Gasteiger partial charge on any atom is -0.398 e. The van der Waals surface area contributed by atoms with E-state index >= 15 is 0 Å². The molecular formula is C14H19N3O. The molecule has 2 amide bonds. The zero-order valence-corrected chi connectivity index (χ0v) is 10.6. The molecule has 0 aliphatic carbocycles. The molecule has 2 heterocycles. The van der Waals surface area contributed by atoms with Crippen molar-refractivity contribution in [3.63, 3.8) is 0 Å². The van der Waals surface area contributed by atoms with Gasteiger partial charge in [-0.25, -0.2) is 4.79 Å². The Kier molecular flexibility index (Phi) is 2.86. The van der Waals surface area contributed by atoms with Gasteiger partial charge in [0.15, 0.2) is 0 Å². The summed E-state index contributed by atoms with van der Waals surface area (Å²) in [6, 6.07) is 6.18.